The predicted molar refractivity (Wildman–Crippen MR) is 52.4 cm³/mol. The smallest absolute Gasteiger partial charge is 0.254 e. The Morgan fingerprint density at radius 3 is 2.21 bits per heavy atom. The molecule has 0 aromatic heterocycles. The maximum Gasteiger partial charge on any atom is 0.254 e. The summed E-state index contributed by atoms with van der Waals surface area (Å²) in [6.45, 7) is 0. The van der Waals surface area contributed by atoms with Gasteiger partial charge in [0.25, 0.3) is 11.8 Å². The number of amides is 2. The quantitative estimate of drug-likeness (QED) is 0.507. The predicted octanol–water partition coefficient (Wildman–Crippen LogP) is 1.54. The summed E-state index contributed by atoms with van der Waals surface area (Å²) < 4.78 is 0. The Morgan fingerprint density at radius 1 is 1.07 bits per heavy atom. The lowest BCUT2D eigenvalue weighted by Crippen LogP contribution is -2.24. The van der Waals surface area contributed by atoms with E-state index in [1.807, 2.05) is 0 Å². The molecule has 2 aliphatic rings. The van der Waals surface area contributed by atoms with E-state index >= 15 is 0 Å². The number of rotatable bonds is 1. The summed E-state index contributed by atoms with van der Waals surface area (Å²) >= 11 is 0. The number of hydrogen-bond donors (Lipinski definition) is 1. The van der Waals surface area contributed by atoms with E-state index in [0.29, 0.717) is 5.92 Å². The van der Waals surface area contributed by atoms with Crippen molar-refractivity contribution in [3.8, 4) is 0 Å². The van der Waals surface area contributed by atoms with E-state index in [9.17, 15) is 9.59 Å². The van der Waals surface area contributed by atoms with Crippen molar-refractivity contribution in [2.24, 2.45) is 5.92 Å². The van der Waals surface area contributed by atoms with Crippen LogP contribution in [0.25, 0.3) is 0 Å². The third-order valence-corrected chi connectivity index (χ3v) is 3.08. The molecule has 0 bridgehead atoms. The van der Waals surface area contributed by atoms with E-state index in [1.54, 1.807) is 0 Å². The lowest BCUT2D eigenvalue weighted by Gasteiger charge is -2.12. The molecule has 0 aromatic rings. The van der Waals surface area contributed by atoms with Gasteiger partial charge in [0.1, 0.15) is 0 Å². The van der Waals surface area contributed by atoms with Crippen molar-refractivity contribution in [1.29, 1.82) is 0 Å². The monoisotopic (exact) mass is 193 g/mol. The Balaban J connectivity index is 2.09. The van der Waals surface area contributed by atoms with Crippen molar-refractivity contribution < 1.29 is 9.59 Å². The summed E-state index contributed by atoms with van der Waals surface area (Å²) in [4.78, 5) is 22.4. The van der Waals surface area contributed by atoms with Crippen LogP contribution in [0.2, 0.25) is 0 Å². The first kappa shape index (κ1) is 9.44. The van der Waals surface area contributed by atoms with Crippen LogP contribution in [-0.2, 0) is 9.59 Å². The topological polar surface area (TPSA) is 46.2 Å². The molecule has 3 heteroatoms. The van der Waals surface area contributed by atoms with Gasteiger partial charge in [-0.3, -0.25) is 14.9 Å². The van der Waals surface area contributed by atoms with Gasteiger partial charge in [0.05, 0.1) is 0 Å². The molecule has 0 aromatic carbocycles. The molecule has 1 heterocycles. The largest absolute Gasteiger partial charge is 0.289 e. The molecule has 0 atom stereocenters. The van der Waals surface area contributed by atoms with Crippen LogP contribution in [0.5, 0.6) is 0 Å². The van der Waals surface area contributed by atoms with Gasteiger partial charge in [-0.2, -0.15) is 0 Å². The minimum Gasteiger partial charge on any atom is -0.289 e. The lowest BCUT2D eigenvalue weighted by atomic mass is 9.92. The number of imide groups is 1. The molecule has 14 heavy (non-hydrogen) atoms. The average Bonchev–Trinajstić information content (AvgIpc) is 2.43. The van der Waals surface area contributed by atoms with Gasteiger partial charge >= 0.3 is 0 Å². The molecule has 2 rings (SSSR count). The number of carbonyl (C=O) groups excluding carboxylic acids is 2. The number of hydrogen-bond acceptors (Lipinski definition) is 2. The van der Waals surface area contributed by atoms with Crippen LogP contribution in [0.1, 0.15) is 38.5 Å². The molecule has 0 radical (unpaired) electrons. The molecule has 2 amide bonds. The van der Waals surface area contributed by atoms with Crippen LogP contribution in [0.15, 0.2) is 11.6 Å². The zero-order valence-electron chi connectivity index (χ0n) is 8.21. The highest BCUT2D eigenvalue weighted by Crippen LogP contribution is 2.29. The number of nitrogens with one attached hydrogen (secondary N) is 1. The van der Waals surface area contributed by atoms with Crippen molar-refractivity contribution in [2.45, 2.75) is 38.5 Å². The van der Waals surface area contributed by atoms with Gasteiger partial charge in [0, 0.05) is 11.6 Å². The van der Waals surface area contributed by atoms with Crippen LogP contribution < -0.4 is 5.32 Å². The Bertz CT molecular complexity index is 286. The number of carbonyl (C=O) groups is 2. The molecule has 1 aliphatic heterocycles. The Hall–Kier alpha value is -1.12. The van der Waals surface area contributed by atoms with Crippen molar-refractivity contribution in [1.82, 2.24) is 5.32 Å². The molecule has 0 unspecified atom stereocenters. The first-order chi connectivity index (χ1) is 6.77. The molecule has 76 valence electrons. The first-order valence-electron chi connectivity index (χ1n) is 5.34. The third-order valence-electron chi connectivity index (χ3n) is 3.08. The van der Waals surface area contributed by atoms with E-state index in [1.165, 1.54) is 31.8 Å². The maximum absolute atomic E-state index is 11.4. The van der Waals surface area contributed by atoms with Crippen LogP contribution >= 0.6 is 0 Å². The lowest BCUT2D eigenvalue weighted by molar-refractivity contribution is -0.124. The van der Waals surface area contributed by atoms with E-state index in [4.69, 9.17) is 0 Å². The Morgan fingerprint density at radius 2 is 1.71 bits per heavy atom. The zero-order valence-corrected chi connectivity index (χ0v) is 8.21. The zero-order chi connectivity index (χ0) is 9.97. The highest BCUT2D eigenvalue weighted by atomic mass is 16.2. The van der Waals surface area contributed by atoms with Crippen molar-refractivity contribution >= 4 is 11.8 Å². The second-order valence-corrected chi connectivity index (χ2v) is 4.11. The van der Waals surface area contributed by atoms with Gasteiger partial charge in [-0.25, -0.2) is 0 Å². The fourth-order valence-corrected chi connectivity index (χ4v) is 2.32. The summed E-state index contributed by atoms with van der Waals surface area (Å²) in [5, 5.41) is 2.31. The van der Waals surface area contributed by atoms with Gasteiger partial charge in [0.15, 0.2) is 0 Å². The van der Waals surface area contributed by atoms with Crippen LogP contribution in [-0.4, -0.2) is 11.8 Å². The molecule has 0 spiro atoms. The van der Waals surface area contributed by atoms with Crippen molar-refractivity contribution in [3.05, 3.63) is 11.6 Å². The van der Waals surface area contributed by atoms with Crippen LogP contribution in [0.3, 0.4) is 0 Å². The normalized spacial score (nSPS) is 24.4. The standard InChI is InChI=1S/C11H15NO2/c13-10-7-9(11(14)12-10)8-5-3-1-2-4-6-8/h7-8H,1-6H2,(H,12,13,14). The molecular formula is C11H15NO2. The SMILES string of the molecule is O=C1C=C(C2CCCCCC2)C(=O)N1. The second-order valence-electron chi connectivity index (χ2n) is 4.11. The fourth-order valence-electron chi connectivity index (χ4n) is 2.32. The fraction of sp³-hybridized carbons (Fsp3) is 0.636. The molecule has 1 fully saturated rings. The van der Waals surface area contributed by atoms with E-state index in [0.717, 1.165) is 18.4 Å². The van der Waals surface area contributed by atoms with Gasteiger partial charge in [-0.15, -0.1) is 0 Å². The van der Waals surface area contributed by atoms with Gasteiger partial charge in [-0.1, -0.05) is 25.7 Å². The van der Waals surface area contributed by atoms with Gasteiger partial charge in [-0.05, 0) is 18.8 Å². The summed E-state index contributed by atoms with van der Waals surface area (Å²) in [7, 11) is 0. The summed E-state index contributed by atoms with van der Waals surface area (Å²) in [5.74, 6) is -0.0832. The first-order valence-corrected chi connectivity index (χ1v) is 5.34. The summed E-state index contributed by atoms with van der Waals surface area (Å²) in [6.07, 6.45) is 8.50. The molecule has 1 aliphatic carbocycles. The second kappa shape index (κ2) is 3.95. The Kier molecular flexibility index (Phi) is 2.66. The molecule has 3 nitrogen and oxygen atoms in total. The molecule has 0 saturated heterocycles. The van der Waals surface area contributed by atoms with E-state index < -0.39 is 0 Å². The van der Waals surface area contributed by atoms with Gasteiger partial charge < -0.3 is 0 Å². The van der Waals surface area contributed by atoms with Crippen LogP contribution in [0, 0.1) is 5.92 Å². The summed E-state index contributed by atoms with van der Waals surface area (Å²) in [5.41, 5.74) is 0.719. The maximum atomic E-state index is 11.4. The average molecular weight is 193 g/mol. The molecule has 1 saturated carbocycles. The van der Waals surface area contributed by atoms with Crippen molar-refractivity contribution in [3.63, 3.8) is 0 Å². The highest BCUT2D eigenvalue weighted by Gasteiger charge is 2.28. The minimum absolute atomic E-state index is 0.165. The van der Waals surface area contributed by atoms with Crippen LogP contribution in [0.4, 0.5) is 0 Å². The minimum atomic E-state index is -0.241. The summed E-state index contributed by atoms with van der Waals surface area (Å²) in [6, 6.07) is 0. The molecule has 1 N–H and O–H groups in total. The van der Waals surface area contributed by atoms with E-state index in [2.05, 4.69) is 5.32 Å². The molecular weight excluding hydrogens is 178 g/mol. The Labute approximate surface area is 83.6 Å². The van der Waals surface area contributed by atoms with E-state index in [-0.39, 0.29) is 11.8 Å². The third kappa shape index (κ3) is 1.86. The highest BCUT2D eigenvalue weighted by molar-refractivity contribution is 6.16. The van der Waals surface area contributed by atoms with Crippen molar-refractivity contribution in [2.75, 3.05) is 0 Å². The van der Waals surface area contributed by atoms with Gasteiger partial charge in [0.2, 0.25) is 0 Å².